The van der Waals surface area contributed by atoms with Crippen molar-refractivity contribution in [2.45, 2.75) is 18.9 Å². The summed E-state index contributed by atoms with van der Waals surface area (Å²) in [6.45, 7) is 0.861. The van der Waals surface area contributed by atoms with Crippen molar-refractivity contribution in [3.63, 3.8) is 0 Å². The van der Waals surface area contributed by atoms with Crippen LogP contribution in [-0.2, 0) is 4.79 Å². The Morgan fingerprint density at radius 2 is 2.21 bits per heavy atom. The Bertz CT molecular complexity index is 595. The molecule has 1 amide bonds. The molecule has 100 valence electrons. The van der Waals surface area contributed by atoms with E-state index >= 15 is 0 Å². The number of hydrogen-bond acceptors (Lipinski definition) is 6. The van der Waals surface area contributed by atoms with Crippen LogP contribution in [0.2, 0.25) is 0 Å². The Hall–Kier alpha value is -1.86. The van der Waals surface area contributed by atoms with E-state index in [1.54, 1.807) is 0 Å². The second kappa shape index (κ2) is 4.67. The molecule has 0 spiro atoms. The van der Waals surface area contributed by atoms with Gasteiger partial charge >= 0.3 is 0 Å². The molecular weight excluding hydrogens is 266 g/mol. The number of carbonyl (C=O) groups is 1. The Kier molecular flexibility index (Phi) is 3.00. The number of thiazole rings is 1. The molecule has 1 aromatic carbocycles. The van der Waals surface area contributed by atoms with Crippen molar-refractivity contribution in [2.24, 2.45) is 0 Å². The number of phenolic OH excluding ortho intramolecular Hbond substituents is 2. The molecule has 0 radical (unpaired) electrons. The van der Waals surface area contributed by atoms with Crippen LogP contribution in [0.4, 0.5) is 5.13 Å². The lowest BCUT2D eigenvalue weighted by Gasteiger charge is -2.08. The molecule has 1 aromatic heterocycles. The van der Waals surface area contributed by atoms with Crippen molar-refractivity contribution in [1.82, 2.24) is 10.3 Å². The fraction of sp³-hybridized carbons (Fsp3) is 0.333. The molecule has 19 heavy (non-hydrogen) atoms. The predicted molar refractivity (Wildman–Crippen MR) is 72.6 cm³/mol. The van der Waals surface area contributed by atoms with Crippen LogP contribution in [0.15, 0.2) is 12.1 Å². The zero-order valence-corrected chi connectivity index (χ0v) is 10.8. The summed E-state index contributed by atoms with van der Waals surface area (Å²) in [5.41, 5.74) is 0.551. The van der Waals surface area contributed by atoms with E-state index in [-0.39, 0.29) is 23.4 Å². The van der Waals surface area contributed by atoms with Gasteiger partial charge in [-0.1, -0.05) is 11.3 Å². The van der Waals surface area contributed by atoms with Crippen LogP contribution in [0.3, 0.4) is 0 Å². The molecule has 2 heterocycles. The van der Waals surface area contributed by atoms with Gasteiger partial charge in [0, 0.05) is 12.1 Å². The zero-order valence-electron chi connectivity index (χ0n) is 10.0. The summed E-state index contributed by atoms with van der Waals surface area (Å²) in [5, 5.41) is 25.2. The SMILES string of the molecule is O=C(Nc1nc2cc(O)c(O)cc2s1)[C@@H]1CCCN1. The third-order valence-corrected chi connectivity index (χ3v) is 4.03. The Labute approximate surface area is 113 Å². The van der Waals surface area contributed by atoms with Crippen LogP contribution in [0.25, 0.3) is 10.2 Å². The second-order valence-electron chi connectivity index (χ2n) is 4.47. The van der Waals surface area contributed by atoms with Crippen LogP contribution < -0.4 is 10.6 Å². The highest BCUT2D eigenvalue weighted by molar-refractivity contribution is 7.22. The minimum atomic E-state index is -0.215. The number of amides is 1. The van der Waals surface area contributed by atoms with Crippen molar-refractivity contribution < 1.29 is 15.0 Å². The number of hydrogen-bond donors (Lipinski definition) is 4. The van der Waals surface area contributed by atoms with Crippen LogP contribution >= 0.6 is 11.3 Å². The highest BCUT2D eigenvalue weighted by atomic mass is 32.1. The molecule has 7 heteroatoms. The highest BCUT2D eigenvalue weighted by Crippen LogP contribution is 2.34. The first-order valence-electron chi connectivity index (χ1n) is 6.00. The quantitative estimate of drug-likeness (QED) is 0.623. The van der Waals surface area contributed by atoms with Crippen molar-refractivity contribution in [2.75, 3.05) is 11.9 Å². The molecule has 2 aromatic rings. The van der Waals surface area contributed by atoms with Gasteiger partial charge in [-0.2, -0.15) is 0 Å². The molecule has 1 aliphatic rings. The van der Waals surface area contributed by atoms with Gasteiger partial charge in [-0.05, 0) is 19.4 Å². The largest absolute Gasteiger partial charge is 0.504 e. The number of nitrogens with zero attached hydrogens (tertiary/aromatic N) is 1. The maximum absolute atomic E-state index is 11.9. The highest BCUT2D eigenvalue weighted by Gasteiger charge is 2.22. The number of anilines is 1. The van der Waals surface area contributed by atoms with E-state index < -0.39 is 0 Å². The first-order chi connectivity index (χ1) is 9.13. The van der Waals surface area contributed by atoms with Gasteiger partial charge in [0.05, 0.1) is 16.3 Å². The first-order valence-corrected chi connectivity index (χ1v) is 6.82. The standard InChI is InChI=1S/C12H13N3O3S/c16-8-4-7-10(5-9(8)17)19-12(14-7)15-11(18)6-2-1-3-13-6/h4-6,13,16-17H,1-3H2,(H,14,15,18)/t6-/m0/s1. The van der Waals surface area contributed by atoms with Gasteiger partial charge in [0.2, 0.25) is 5.91 Å². The monoisotopic (exact) mass is 279 g/mol. The first kappa shape index (κ1) is 12.2. The number of benzene rings is 1. The summed E-state index contributed by atoms with van der Waals surface area (Å²) in [7, 11) is 0. The lowest BCUT2D eigenvalue weighted by Crippen LogP contribution is -2.35. The minimum Gasteiger partial charge on any atom is -0.504 e. The number of carbonyl (C=O) groups excluding carboxylic acids is 1. The van der Waals surface area contributed by atoms with Crippen LogP contribution in [0.1, 0.15) is 12.8 Å². The van der Waals surface area contributed by atoms with E-state index in [0.717, 1.165) is 19.4 Å². The van der Waals surface area contributed by atoms with E-state index in [1.807, 2.05) is 0 Å². The molecule has 6 nitrogen and oxygen atoms in total. The molecule has 1 atom stereocenters. The fourth-order valence-electron chi connectivity index (χ4n) is 2.11. The molecule has 0 unspecified atom stereocenters. The average Bonchev–Trinajstić information content (AvgIpc) is 2.98. The summed E-state index contributed by atoms with van der Waals surface area (Å²) >= 11 is 1.27. The number of fused-ring (bicyclic) bond motifs is 1. The smallest absolute Gasteiger partial charge is 0.243 e. The van der Waals surface area contributed by atoms with Crippen molar-refractivity contribution >= 4 is 32.6 Å². The van der Waals surface area contributed by atoms with Crippen molar-refractivity contribution in [3.8, 4) is 11.5 Å². The molecule has 0 bridgehead atoms. The van der Waals surface area contributed by atoms with E-state index in [0.29, 0.717) is 15.3 Å². The van der Waals surface area contributed by atoms with Crippen molar-refractivity contribution in [3.05, 3.63) is 12.1 Å². The minimum absolute atomic E-state index is 0.0926. The normalized spacial score (nSPS) is 18.8. The molecule has 4 N–H and O–H groups in total. The van der Waals surface area contributed by atoms with Gasteiger partial charge in [-0.25, -0.2) is 4.98 Å². The maximum Gasteiger partial charge on any atom is 0.243 e. The van der Waals surface area contributed by atoms with Crippen LogP contribution in [0, 0.1) is 0 Å². The third kappa shape index (κ3) is 2.34. The van der Waals surface area contributed by atoms with Crippen molar-refractivity contribution in [1.29, 1.82) is 0 Å². The third-order valence-electron chi connectivity index (χ3n) is 3.09. The summed E-state index contributed by atoms with van der Waals surface area (Å²) in [5.74, 6) is -0.496. The summed E-state index contributed by atoms with van der Waals surface area (Å²) in [6.07, 6.45) is 1.83. The molecule has 0 aliphatic carbocycles. The fourth-order valence-corrected chi connectivity index (χ4v) is 2.99. The molecular formula is C12H13N3O3S. The summed E-state index contributed by atoms with van der Waals surface area (Å²) in [4.78, 5) is 16.1. The Morgan fingerprint density at radius 1 is 1.42 bits per heavy atom. The number of phenols is 2. The molecule has 1 fully saturated rings. The lowest BCUT2D eigenvalue weighted by molar-refractivity contribution is -0.117. The molecule has 1 aliphatic heterocycles. The van der Waals surface area contributed by atoms with Gasteiger partial charge in [-0.3, -0.25) is 4.79 Å². The van der Waals surface area contributed by atoms with Gasteiger partial charge in [-0.15, -0.1) is 0 Å². The lowest BCUT2D eigenvalue weighted by atomic mass is 10.2. The predicted octanol–water partition coefficient (Wildman–Crippen LogP) is 1.40. The van der Waals surface area contributed by atoms with Crippen LogP contribution in [0.5, 0.6) is 11.5 Å². The Balaban J connectivity index is 1.83. The van der Waals surface area contributed by atoms with Gasteiger partial charge in [0.25, 0.3) is 0 Å². The number of aromatic hydroxyl groups is 2. The molecule has 1 saturated heterocycles. The van der Waals surface area contributed by atoms with Gasteiger partial charge in [0.1, 0.15) is 0 Å². The van der Waals surface area contributed by atoms with Gasteiger partial charge in [0.15, 0.2) is 16.6 Å². The van der Waals surface area contributed by atoms with E-state index in [9.17, 15) is 15.0 Å². The molecule has 0 saturated carbocycles. The van der Waals surface area contributed by atoms with Crippen LogP contribution in [-0.4, -0.2) is 33.7 Å². The summed E-state index contributed by atoms with van der Waals surface area (Å²) in [6, 6.07) is 2.66. The van der Waals surface area contributed by atoms with E-state index in [4.69, 9.17) is 0 Å². The van der Waals surface area contributed by atoms with Gasteiger partial charge < -0.3 is 20.8 Å². The van der Waals surface area contributed by atoms with E-state index in [2.05, 4.69) is 15.6 Å². The average molecular weight is 279 g/mol. The summed E-state index contributed by atoms with van der Waals surface area (Å²) < 4.78 is 0.713. The topological polar surface area (TPSA) is 94.5 Å². The van der Waals surface area contributed by atoms with E-state index in [1.165, 1.54) is 23.5 Å². The zero-order chi connectivity index (χ0) is 13.4. The maximum atomic E-state index is 11.9. The number of rotatable bonds is 2. The number of aromatic nitrogens is 1. The Morgan fingerprint density at radius 3 is 2.95 bits per heavy atom. The second-order valence-corrected chi connectivity index (χ2v) is 5.50. The molecule has 3 rings (SSSR count). The number of nitrogens with one attached hydrogen (secondary N) is 2.